The molecule has 0 saturated carbocycles. The van der Waals surface area contributed by atoms with Crippen LogP contribution < -0.4 is 4.90 Å². The zero-order chi connectivity index (χ0) is 8.27. The number of rotatable bonds is 1. The molecule has 0 aromatic heterocycles. The molecule has 0 aliphatic heterocycles. The molecule has 1 aromatic carbocycles. The van der Waals surface area contributed by atoms with E-state index in [0.717, 1.165) is 5.69 Å². The maximum atomic E-state index is 10.9. The van der Waals surface area contributed by atoms with Crippen LogP contribution in [0.25, 0.3) is 0 Å². The van der Waals surface area contributed by atoms with Crippen molar-refractivity contribution in [3.8, 4) is 0 Å². The minimum atomic E-state index is 0. The van der Waals surface area contributed by atoms with Crippen LogP contribution in [0.5, 0.6) is 0 Å². The van der Waals surface area contributed by atoms with Crippen molar-refractivity contribution in [1.29, 1.82) is 0 Å². The maximum Gasteiger partial charge on any atom is 0.223 e. The average molecular weight is 167 g/mol. The molecule has 0 aliphatic carbocycles. The number of nitrogens with zero attached hydrogens (tertiary/aromatic N) is 1. The second kappa shape index (κ2) is 4.51. The summed E-state index contributed by atoms with van der Waals surface area (Å²) in [5.41, 5.74) is 0.931. The average Bonchev–Trinajstić information content (AvgIpc) is 2.05. The molecule has 0 fully saturated rings. The first-order valence-electron chi connectivity index (χ1n) is 3.51. The van der Waals surface area contributed by atoms with Gasteiger partial charge in [-0.05, 0) is 12.1 Å². The van der Waals surface area contributed by atoms with Crippen LogP contribution in [0.2, 0.25) is 0 Å². The SMILES string of the molecule is CC(=O)N(C)c1ccccc1.O. The molecular weight excluding hydrogens is 154 g/mol. The fourth-order valence-electron chi connectivity index (χ4n) is 0.833. The van der Waals surface area contributed by atoms with Crippen molar-refractivity contribution < 1.29 is 10.3 Å². The van der Waals surface area contributed by atoms with Crippen LogP contribution in [0.4, 0.5) is 5.69 Å². The number of hydrogen-bond acceptors (Lipinski definition) is 1. The summed E-state index contributed by atoms with van der Waals surface area (Å²) in [4.78, 5) is 12.5. The van der Waals surface area contributed by atoms with Gasteiger partial charge in [-0.3, -0.25) is 4.79 Å². The second-order valence-corrected chi connectivity index (χ2v) is 2.41. The molecule has 2 N–H and O–H groups in total. The molecule has 1 aromatic rings. The second-order valence-electron chi connectivity index (χ2n) is 2.41. The van der Waals surface area contributed by atoms with Gasteiger partial charge < -0.3 is 10.4 Å². The Balaban J connectivity index is 0.00000121. The van der Waals surface area contributed by atoms with E-state index in [0.29, 0.717) is 0 Å². The lowest BCUT2D eigenvalue weighted by atomic mass is 10.3. The lowest BCUT2D eigenvalue weighted by Gasteiger charge is -2.13. The Morgan fingerprint density at radius 1 is 1.25 bits per heavy atom. The predicted octanol–water partition coefficient (Wildman–Crippen LogP) is 0.845. The largest absolute Gasteiger partial charge is 0.412 e. The highest BCUT2D eigenvalue weighted by Crippen LogP contribution is 2.10. The highest BCUT2D eigenvalue weighted by Gasteiger charge is 2.02. The van der Waals surface area contributed by atoms with Gasteiger partial charge >= 0.3 is 0 Å². The van der Waals surface area contributed by atoms with Gasteiger partial charge in [0.2, 0.25) is 5.91 Å². The smallest absolute Gasteiger partial charge is 0.223 e. The molecule has 0 aliphatic rings. The lowest BCUT2D eigenvalue weighted by molar-refractivity contribution is -0.116. The van der Waals surface area contributed by atoms with Crippen LogP contribution in [0.3, 0.4) is 0 Å². The molecular formula is C9H13NO2. The van der Waals surface area contributed by atoms with Crippen LogP contribution in [0.15, 0.2) is 30.3 Å². The number of carbonyl (C=O) groups is 1. The van der Waals surface area contributed by atoms with Gasteiger partial charge in [-0.25, -0.2) is 0 Å². The Hall–Kier alpha value is -1.35. The first-order valence-corrected chi connectivity index (χ1v) is 3.51. The van der Waals surface area contributed by atoms with Crippen molar-refractivity contribution in [2.24, 2.45) is 0 Å². The number of carbonyl (C=O) groups excluding carboxylic acids is 1. The molecule has 1 amide bonds. The zero-order valence-electron chi connectivity index (χ0n) is 7.24. The van der Waals surface area contributed by atoms with E-state index in [2.05, 4.69) is 0 Å². The monoisotopic (exact) mass is 167 g/mol. The van der Waals surface area contributed by atoms with E-state index in [1.165, 1.54) is 0 Å². The first kappa shape index (κ1) is 10.7. The van der Waals surface area contributed by atoms with E-state index in [1.807, 2.05) is 30.3 Å². The van der Waals surface area contributed by atoms with Crippen molar-refractivity contribution in [2.45, 2.75) is 6.92 Å². The van der Waals surface area contributed by atoms with E-state index in [-0.39, 0.29) is 11.4 Å². The molecule has 0 radical (unpaired) electrons. The fourth-order valence-corrected chi connectivity index (χ4v) is 0.833. The van der Waals surface area contributed by atoms with Gasteiger partial charge in [0.1, 0.15) is 0 Å². The molecule has 0 heterocycles. The van der Waals surface area contributed by atoms with Crippen LogP contribution in [0, 0.1) is 0 Å². The Kier molecular flexibility index (Phi) is 4.00. The summed E-state index contributed by atoms with van der Waals surface area (Å²) < 4.78 is 0. The molecule has 0 unspecified atom stereocenters. The van der Waals surface area contributed by atoms with Gasteiger partial charge in [0.15, 0.2) is 0 Å². The summed E-state index contributed by atoms with van der Waals surface area (Å²) in [6, 6.07) is 9.56. The number of hydrogen-bond donors (Lipinski definition) is 0. The summed E-state index contributed by atoms with van der Waals surface area (Å²) in [6.45, 7) is 1.55. The summed E-state index contributed by atoms with van der Waals surface area (Å²) in [7, 11) is 1.76. The molecule has 1 rings (SSSR count). The van der Waals surface area contributed by atoms with E-state index >= 15 is 0 Å². The van der Waals surface area contributed by atoms with Crippen LogP contribution in [-0.4, -0.2) is 18.4 Å². The molecule has 0 atom stereocenters. The van der Waals surface area contributed by atoms with Crippen molar-refractivity contribution in [3.63, 3.8) is 0 Å². The number of anilines is 1. The van der Waals surface area contributed by atoms with E-state index in [1.54, 1.807) is 18.9 Å². The molecule has 66 valence electrons. The lowest BCUT2D eigenvalue weighted by Crippen LogP contribution is -2.22. The number of amides is 1. The standard InChI is InChI=1S/C9H11NO.H2O/c1-8(11)10(2)9-6-4-3-5-7-9;/h3-7H,1-2H3;1H2. The molecule has 0 spiro atoms. The topological polar surface area (TPSA) is 51.8 Å². The van der Waals surface area contributed by atoms with Gasteiger partial charge in [-0.2, -0.15) is 0 Å². The third-order valence-electron chi connectivity index (χ3n) is 1.62. The molecule has 0 bridgehead atoms. The van der Waals surface area contributed by atoms with E-state index < -0.39 is 0 Å². The van der Waals surface area contributed by atoms with Gasteiger partial charge in [-0.1, -0.05) is 18.2 Å². The molecule has 12 heavy (non-hydrogen) atoms. The van der Waals surface area contributed by atoms with Crippen LogP contribution in [0.1, 0.15) is 6.92 Å². The fraction of sp³-hybridized carbons (Fsp3) is 0.222. The molecule has 3 heteroatoms. The summed E-state index contributed by atoms with van der Waals surface area (Å²) in [5.74, 6) is 0.0520. The number of benzene rings is 1. The van der Waals surface area contributed by atoms with Crippen molar-refractivity contribution in [2.75, 3.05) is 11.9 Å². The molecule has 0 saturated heterocycles. The highest BCUT2D eigenvalue weighted by atomic mass is 16.2. The minimum Gasteiger partial charge on any atom is -0.412 e. The third-order valence-corrected chi connectivity index (χ3v) is 1.62. The van der Waals surface area contributed by atoms with Gasteiger partial charge in [0, 0.05) is 19.7 Å². The Bertz CT molecular complexity index is 246. The van der Waals surface area contributed by atoms with Gasteiger partial charge in [0.25, 0.3) is 0 Å². The minimum absolute atomic E-state index is 0. The molecule has 3 nitrogen and oxygen atoms in total. The van der Waals surface area contributed by atoms with Gasteiger partial charge in [0.05, 0.1) is 0 Å². The quantitative estimate of drug-likeness (QED) is 0.611. The van der Waals surface area contributed by atoms with Crippen molar-refractivity contribution in [1.82, 2.24) is 0 Å². The van der Waals surface area contributed by atoms with E-state index in [9.17, 15) is 4.79 Å². The highest BCUT2D eigenvalue weighted by molar-refractivity contribution is 5.90. The predicted molar refractivity (Wildman–Crippen MR) is 49.1 cm³/mol. The van der Waals surface area contributed by atoms with Crippen molar-refractivity contribution >= 4 is 11.6 Å². The third kappa shape index (κ3) is 2.36. The summed E-state index contributed by atoms with van der Waals surface area (Å²) >= 11 is 0. The maximum absolute atomic E-state index is 10.9. The normalized spacial score (nSPS) is 8.50. The number of para-hydroxylation sites is 1. The summed E-state index contributed by atoms with van der Waals surface area (Å²) in [5, 5.41) is 0. The Labute approximate surface area is 71.9 Å². The van der Waals surface area contributed by atoms with Gasteiger partial charge in [-0.15, -0.1) is 0 Å². The van der Waals surface area contributed by atoms with Crippen LogP contribution in [-0.2, 0) is 4.79 Å². The van der Waals surface area contributed by atoms with E-state index in [4.69, 9.17) is 0 Å². The van der Waals surface area contributed by atoms with Crippen molar-refractivity contribution in [3.05, 3.63) is 30.3 Å². The Morgan fingerprint density at radius 2 is 1.75 bits per heavy atom. The van der Waals surface area contributed by atoms with Crippen LogP contribution >= 0.6 is 0 Å². The zero-order valence-corrected chi connectivity index (χ0v) is 7.24. The Morgan fingerprint density at radius 3 is 2.17 bits per heavy atom. The first-order chi connectivity index (χ1) is 5.22. The summed E-state index contributed by atoms with van der Waals surface area (Å²) in [6.07, 6.45) is 0.